The summed E-state index contributed by atoms with van der Waals surface area (Å²) in [4.78, 5) is 1.27. The molecule has 0 aliphatic heterocycles. The van der Waals surface area contributed by atoms with Crippen LogP contribution in [0.3, 0.4) is 0 Å². The fourth-order valence-corrected chi connectivity index (χ4v) is 2.94. The van der Waals surface area contributed by atoms with Gasteiger partial charge >= 0.3 is 0 Å². The molecule has 0 spiro atoms. The van der Waals surface area contributed by atoms with Crippen LogP contribution in [0.25, 0.3) is 0 Å². The molecule has 108 valence electrons. The molecule has 0 radical (unpaired) electrons. The molecule has 1 atom stereocenters. The lowest BCUT2D eigenvalue weighted by atomic mass is 10.0. The van der Waals surface area contributed by atoms with E-state index in [1.54, 1.807) is 23.5 Å². The van der Waals surface area contributed by atoms with E-state index in [1.807, 2.05) is 11.4 Å². The summed E-state index contributed by atoms with van der Waals surface area (Å²) in [6, 6.07) is 8.34. The molecule has 0 aliphatic carbocycles. The van der Waals surface area contributed by atoms with Gasteiger partial charge in [0.25, 0.3) is 0 Å². The highest BCUT2D eigenvalue weighted by atomic mass is 32.1. The molecule has 0 bridgehead atoms. The molecular formula is C16H19F2NS. The molecular weight excluding hydrogens is 276 g/mol. The summed E-state index contributed by atoms with van der Waals surface area (Å²) < 4.78 is 27.3. The minimum Gasteiger partial charge on any atom is -0.310 e. The molecule has 0 aliphatic rings. The molecule has 1 N–H and O–H groups in total. The van der Waals surface area contributed by atoms with Crippen molar-refractivity contribution in [2.75, 3.05) is 6.54 Å². The third-order valence-corrected chi connectivity index (χ3v) is 4.19. The first-order valence-electron chi connectivity index (χ1n) is 6.92. The lowest BCUT2D eigenvalue weighted by Crippen LogP contribution is -2.24. The summed E-state index contributed by atoms with van der Waals surface area (Å²) >= 11 is 1.70. The topological polar surface area (TPSA) is 12.0 Å². The second kappa shape index (κ2) is 7.50. The maximum atomic E-state index is 13.9. The van der Waals surface area contributed by atoms with Gasteiger partial charge < -0.3 is 5.32 Å². The molecule has 0 amide bonds. The maximum absolute atomic E-state index is 13.9. The highest BCUT2D eigenvalue weighted by Gasteiger charge is 2.17. The van der Waals surface area contributed by atoms with E-state index >= 15 is 0 Å². The van der Waals surface area contributed by atoms with E-state index in [1.165, 1.54) is 4.88 Å². The number of thiophene rings is 1. The van der Waals surface area contributed by atoms with Crippen LogP contribution in [0.1, 0.15) is 36.2 Å². The molecule has 1 nitrogen and oxygen atoms in total. The van der Waals surface area contributed by atoms with Gasteiger partial charge in [0.05, 0.1) is 0 Å². The van der Waals surface area contributed by atoms with Crippen molar-refractivity contribution in [3.63, 3.8) is 0 Å². The molecule has 1 aromatic carbocycles. The fourth-order valence-electron chi connectivity index (χ4n) is 2.22. The molecule has 4 heteroatoms. The minimum atomic E-state index is -0.776. The van der Waals surface area contributed by atoms with E-state index in [9.17, 15) is 8.78 Å². The zero-order valence-electron chi connectivity index (χ0n) is 11.5. The van der Waals surface area contributed by atoms with E-state index in [2.05, 4.69) is 18.3 Å². The normalized spacial score (nSPS) is 12.6. The van der Waals surface area contributed by atoms with Crippen molar-refractivity contribution in [2.24, 2.45) is 0 Å². The average Bonchev–Trinajstić information content (AvgIpc) is 2.96. The van der Waals surface area contributed by atoms with Crippen LogP contribution in [0.4, 0.5) is 8.78 Å². The van der Waals surface area contributed by atoms with Gasteiger partial charge in [-0.15, -0.1) is 11.3 Å². The Morgan fingerprint density at radius 3 is 2.75 bits per heavy atom. The molecule has 0 saturated carbocycles. The van der Waals surface area contributed by atoms with Gasteiger partial charge in [-0.2, -0.15) is 0 Å². The molecule has 1 heterocycles. The van der Waals surface area contributed by atoms with Gasteiger partial charge in [0, 0.05) is 16.5 Å². The van der Waals surface area contributed by atoms with Crippen molar-refractivity contribution < 1.29 is 8.78 Å². The molecule has 2 aromatic rings. The highest BCUT2D eigenvalue weighted by molar-refractivity contribution is 7.09. The Morgan fingerprint density at radius 1 is 1.20 bits per heavy atom. The number of hydrogen-bond donors (Lipinski definition) is 1. The Morgan fingerprint density at radius 2 is 2.05 bits per heavy atom. The van der Waals surface area contributed by atoms with Crippen molar-refractivity contribution in [3.05, 3.63) is 57.8 Å². The summed E-state index contributed by atoms with van der Waals surface area (Å²) in [6.07, 6.45) is 2.60. The van der Waals surface area contributed by atoms with Crippen molar-refractivity contribution >= 4 is 11.3 Å². The number of aryl methyl sites for hydroxylation is 1. The Labute approximate surface area is 122 Å². The third-order valence-electron chi connectivity index (χ3n) is 3.26. The van der Waals surface area contributed by atoms with Crippen LogP contribution in [0.15, 0.2) is 35.7 Å². The Hall–Kier alpha value is -1.26. The molecule has 0 saturated heterocycles. The summed E-state index contributed by atoms with van der Waals surface area (Å²) in [5, 5.41) is 5.35. The lowest BCUT2D eigenvalue weighted by molar-refractivity contribution is 0.447. The summed E-state index contributed by atoms with van der Waals surface area (Å²) in [7, 11) is 0. The summed E-state index contributed by atoms with van der Waals surface area (Å²) in [6.45, 7) is 2.86. The van der Waals surface area contributed by atoms with Crippen LogP contribution < -0.4 is 5.32 Å². The van der Waals surface area contributed by atoms with E-state index in [0.717, 1.165) is 31.9 Å². The zero-order chi connectivity index (χ0) is 14.4. The second-order valence-electron chi connectivity index (χ2n) is 4.77. The van der Waals surface area contributed by atoms with E-state index in [0.29, 0.717) is 5.56 Å². The number of halogens is 2. The predicted octanol–water partition coefficient (Wildman–Crippen LogP) is 4.70. The van der Waals surface area contributed by atoms with Crippen molar-refractivity contribution in [1.29, 1.82) is 0 Å². The monoisotopic (exact) mass is 295 g/mol. The quantitative estimate of drug-likeness (QED) is 0.780. The van der Waals surface area contributed by atoms with Gasteiger partial charge in [0.1, 0.15) is 0 Å². The van der Waals surface area contributed by atoms with Crippen LogP contribution >= 0.6 is 11.3 Å². The van der Waals surface area contributed by atoms with Gasteiger partial charge in [-0.25, -0.2) is 8.78 Å². The van der Waals surface area contributed by atoms with E-state index in [4.69, 9.17) is 0 Å². The van der Waals surface area contributed by atoms with Crippen LogP contribution in [-0.4, -0.2) is 6.54 Å². The minimum absolute atomic E-state index is 0.146. The van der Waals surface area contributed by atoms with Gasteiger partial charge in [0.15, 0.2) is 11.6 Å². The van der Waals surface area contributed by atoms with Crippen molar-refractivity contribution in [1.82, 2.24) is 5.32 Å². The SMILES string of the molecule is CCCNC(CCc1cccs1)c1cccc(F)c1F. The standard InChI is InChI=1S/C16H19F2NS/c1-2-10-19-15(9-8-12-5-4-11-20-12)13-6-3-7-14(17)16(13)18/h3-7,11,15,19H,2,8-10H2,1H3. The largest absolute Gasteiger partial charge is 0.310 e. The van der Waals surface area contributed by atoms with E-state index < -0.39 is 11.6 Å². The molecule has 0 fully saturated rings. The number of nitrogens with one attached hydrogen (secondary N) is 1. The fraction of sp³-hybridized carbons (Fsp3) is 0.375. The van der Waals surface area contributed by atoms with Crippen LogP contribution in [0.2, 0.25) is 0 Å². The van der Waals surface area contributed by atoms with Crippen molar-refractivity contribution in [2.45, 2.75) is 32.2 Å². The van der Waals surface area contributed by atoms with Crippen LogP contribution in [0.5, 0.6) is 0 Å². The van der Waals surface area contributed by atoms with Crippen LogP contribution in [-0.2, 0) is 6.42 Å². The first-order valence-corrected chi connectivity index (χ1v) is 7.80. The third kappa shape index (κ3) is 3.87. The van der Waals surface area contributed by atoms with E-state index in [-0.39, 0.29) is 6.04 Å². The van der Waals surface area contributed by atoms with Crippen LogP contribution in [0, 0.1) is 11.6 Å². The number of benzene rings is 1. The first kappa shape index (κ1) is 15.1. The molecule has 1 unspecified atom stereocenters. The molecule has 20 heavy (non-hydrogen) atoms. The van der Waals surface area contributed by atoms with Crippen molar-refractivity contribution in [3.8, 4) is 0 Å². The Bertz CT molecular complexity index is 525. The Balaban J connectivity index is 2.11. The zero-order valence-corrected chi connectivity index (χ0v) is 12.4. The number of rotatable bonds is 7. The highest BCUT2D eigenvalue weighted by Crippen LogP contribution is 2.24. The Kier molecular flexibility index (Phi) is 5.68. The lowest BCUT2D eigenvalue weighted by Gasteiger charge is -2.19. The van der Waals surface area contributed by atoms with Gasteiger partial charge in [-0.1, -0.05) is 25.1 Å². The second-order valence-corrected chi connectivity index (χ2v) is 5.80. The first-order chi connectivity index (χ1) is 9.72. The molecule has 1 aromatic heterocycles. The van der Waals surface area contributed by atoms with Gasteiger partial charge in [-0.3, -0.25) is 0 Å². The maximum Gasteiger partial charge on any atom is 0.163 e. The van der Waals surface area contributed by atoms with Gasteiger partial charge in [0.2, 0.25) is 0 Å². The average molecular weight is 295 g/mol. The predicted molar refractivity (Wildman–Crippen MR) is 80.0 cm³/mol. The van der Waals surface area contributed by atoms with Gasteiger partial charge in [-0.05, 0) is 43.3 Å². The smallest absolute Gasteiger partial charge is 0.163 e. The summed E-state index contributed by atoms with van der Waals surface area (Å²) in [5.41, 5.74) is 0.426. The molecule has 2 rings (SSSR count). The number of hydrogen-bond acceptors (Lipinski definition) is 2. The summed E-state index contributed by atoms with van der Waals surface area (Å²) in [5.74, 6) is -1.51.